The molecule has 0 radical (unpaired) electrons. The first-order valence-corrected chi connectivity index (χ1v) is 7.99. The molecular weight excluding hydrogens is 264 g/mol. The van der Waals surface area contributed by atoms with Gasteiger partial charge in [0, 0.05) is 6.42 Å². The molecule has 0 aliphatic rings. The van der Waals surface area contributed by atoms with Crippen LogP contribution in [0.5, 0.6) is 5.75 Å². The first kappa shape index (κ1) is 17.5. The van der Waals surface area contributed by atoms with Crippen molar-refractivity contribution in [1.82, 2.24) is 0 Å². The van der Waals surface area contributed by atoms with Crippen LogP contribution in [0.15, 0.2) is 24.3 Å². The minimum Gasteiger partial charge on any atom is -0.490 e. The van der Waals surface area contributed by atoms with Gasteiger partial charge < -0.3 is 9.47 Å². The summed E-state index contributed by atoms with van der Waals surface area (Å²) in [5.74, 6) is 1.25. The smallest absolute Gasteiger partial charge is 0.306 e. The van der Waals surface area contributed by atoms with Crippen molar-refractivity contribution in [2.45, 2.75) is 65.4 Å². The van der Waals surface area contributed by atoms with Gasteiger partial charge in [-0.1, -0.05) is 39.3 Å². The summed E-state index contributed by atoms with van der Waals surface area (Å²) in [6, 6.07) is 8.16. The maximum absolute atomic E-state index is 11.5. The van der Waals surface area contributed by atoms with Crippen LogP contribution in [0.25, 0.3) is 0 Å². The van der Waals surface area contributed by atoms with Crippen LogP contribution >= 0.6 is 0 Å². The first-order chi connectivity index (χ1) is 10.1. The number of carbonyl (C=O) groups excluding carboxylic acids is 1. The van der Waals surface area contributed by atoms with E-state index in [0.717, 1.165) is 25.0 Å². The molecule has 0 spiro atoms. The fourth-order valence-corrected chi connectivity index (χ4v) is 1.98. The van der Waals surface area contributed by atoms with Gasteiger partial charge in [-0.15, -0.1) is 0 Å². The number of esters is 1. The highest BCUT2D eigenvalue weighted by Gasteiger charge is 2.10. The van der Waals surface area contributed by atoms with E-state index in [1.54, 1.807) is 0 Å². The molecule has 0 bridgehead atoms. The third-order valence-electron chi connectivity index (χ3n) is 3.61. The van der Waals surface area contributed by atoms with Gasteiger partial charge in [-0.05, 0) is 43.4 Å². The average molecular weight is 292 g/mol. The molecule has 21 heavy (non-hydrogen) atoms. The topological polar surface area (TPSA) is 35.5 Å². The highest BCUT2D eigenvalue weighted by Crippen LogP contribution is 2.21. The summed E-state index contributed by atoms with van der Waals surface area (Å²) in [4.78, 5) is 11.5. The molecule has 0 fully saturated rings. The number of ether oxygens (including phenoxy) is 2. The Bertz CT molecular complexity index is 411. The number of rotatable bonds is 9. The molecule has 0 aliphatic carbocycles. The van der Waals surface area contributed by atoms with Gasteiger partial charge in [0.25, 0.3) is 0 Å². The molecule has 1 rings (SSSR count). The minimum absolute atomic E-state index is 0.139. The molecule has 2 atom stereocenters. The summed E-state index contributed by atoms with van der Waals surface area (Å²) in [6.45, 7) is 8.71. The van der Waals surface area contributed by atoms with Crippen LogP contribution in [-0.4, -0.2) is 18.7 Å². The lowest BCUT2D eigenvalue weighted by atomic mass is 9.99. The van der Waals surface area contributed by atoms with Crippen molar-refractivity contribution < 1.29 is 14.3 Å². The lowest BCUT2D eigenvalue weighted by Gasteiger charge is -2.15. The lowest BCUT2D eigenvalue weighted by molar-refractivity contribution is -0.149. The number of hydrogen-bond acceptors (Lipinski definition) is 3. The second-order valence-electron chi connectivity index (χ2n) is 5.59. The van der Waals surface area contributed by atoms with Crippen molar-refractivity contribution in [1.29, 1.82) is 0 Å². The molecule has 0 heterocycles. The predicted molar refractivity (Wildman–Crippen MR) is 85.7 cm³/mol. The van der Waals surface area contributed by atoms with Gasteiger partial charge in [0.05, 0.1) is 0 Å². The summed E-state index contributed by atoms with van der Waals surface area (Å²) in [6.07, 6.45) is 3.28. The second-order valence-corrected chi connectivity index (χ2v) is 5.59. The molecule has 118 valence electrons. The average Bonchev–Trinajstić information content (AvgIpc) is 2.50. The SMILES string of the molecule is CCCCC(=O)O[C@H](C)COc1ccc([C@H](C)CC)cc1. The van der Waals surface area contributed by atoms with Gasteiger partial charge in [0.15, 0.2) is 0 Å². The van der Waals surface area contributed by atoms with Crippen molar-refractivity contribution in [3.63, 3.8) is 0 Å². The van der Waals surface area contributed by atoms with Crippen molar-refractivity contribution in [2.24, 2.45) is 0 Å². The molecule has 1 aromatic rings. The van der Waals surface area contributed by atoms with E-state index in [1.165, 1.54) is 5.56 Å². The maximum Gasteiger partial charge on any atom is 0.306 e. The van der Waals surface area contributed by atoms with Crippen molar-refractivity contribution >= 4 is 5.97 Å². The van der Waals surface area contributed by atoms with Gasteiger partial charge in [-0.2, -0.15) is 0 Å². The molecule has 0 amide bonds. The first-order valence-electron chi connectivity index (χ1n) is 7.99. The van der Waals surface area contributed by atoms with E-state index in [-0.39, 0.29) is 12.1 Å². The number of carbonyl (C=O) groups is 1. The van der Waals surface area contributed by atoms with Crippen molar-refractivity contribution in [3.8, 4) is 5.75 Å². The maximum atomic E-state index is 11.5. The van der Waals surface area contributed by atoms with E-state index in [9.17, 15) is 4.79 Å². The molecule has 0 N–H and O–H groups in total. The summed E-state index contributed by atoms with van der Waals surface area (Å²) in [5.41, 5.74) is 1.32. The Morgan fingerprint density at radius 2 is 1.81 bits per heavy atom. The largest absolute Gasteiger partial charge is 0.490 e. The van der Waals surface area contributed by atoms with E-state index in [1.807, 2.05) is 19.1 Å². The van der Waals surface area contributed by atoms with Crippen LogP contribution in [0, 0.1) is 0 Å². The zero-order valence-corrected chi connectivity index (χ0v) is 13.7. The summed E-state index contributed by atoms with van der Waals surface area (Å²) >= 11 is 0. The van der Waals surface area contributed by atoms with Gasteiger partial charge in [-0.25, -0.2) is 0 Å². The third kappa shape index (κ3) is 6.65. The Morgan fingerprint density at radius 1 is 1.14 bits per heavy atom. The van der Waals surface area contributed by atoms with Gasteiger partial charge in [0.2, 0.25) is 0 Å². The molecule has 3 nitrogen and oxygen atoms in total. The van der Waals surface area contributed by atoms with Crippen LogP contribution in [0.4, 0.5) is 0 Å². The van der Waals surface area contributed by atoms with E-state index in [2.05, 4.69) is 32.9 Å². The Kier molecular flexibility index (Phi) is 7.88. The van der Waals surface area contributed by atoms with Gasteiger partial charge >= 0.3 is 5.97 Å². The Morgan fingerprint density at radius 3 is 2.38 bits per heavy atom. The van der Waals surface area contributed by atoms with Gasteiger partial charge in [0.1, 0.15) is 18.5 Å². The normalized spacial score (nSPS) is 13.5. The molecule has 0 saturated carbocycles. The van der Waals surface area contributed by atoms with Crippen LogP contribution in [0.2, 0.25) is 0 Å². The second kappa shape index (κ2) is 9.43. The lowest BCUT2D eigenvalue weighted by Crippen LogP contribution is -2.21. The third-order valence-corrected chi connectivity index (χ3v) is 3.61. The molecule has 3 heteroatoms. The number of hydrogen-bond donors (Lipinski definition) is 0. The summed E-state index contributed by atoms with van der Waals surface area (Å²) in [5, 5.41) is 0. The molecule has 0 aliphatic heterocycles. The van der Waals surface area contributed by atoms with Crippen molar-refractivity contribution in [2.75, 3.05) is 6.61 Å². The highest BCUT2D eigenvalue weighted by atomic mass is 16.6. The van der Waals surface area contributed by atoms with Gasteiger partial charge in [-0.3, -0.25) is 4.79 Å². The minimum atomic E-state index is -0.219. The van der Waals surface area contributed by atoms with E-state index in [0.29, 0.717) is 18.9 Å². The number of unbranched alkanes of at least 4 members (excludes halogenated alkanes) is 1. The fraction of sp³-hybridized carbons (Fsp3) is 0.611. The molecule has 0 unspecified atom stereocenters. The zero-order chi connectivity index (χ0) is 15.7. The van der Waals surface area contributed by atoms with E-state index < -0.39 is 0 Å². The molecule has 0 saturated heterocycles. The van der Waals surface area contributed by atoms with Crippen LogP contribution in [0.3, 0.4) is 0 Å². The summed E-state index contributed by atoms with van der Waals surface area (Å²) < 4.78 is 11.0. The quantitative estimate of drug-likeness (QED) is 0.619. The van der Waals surface area contributed by atoms with Crippen LogP contribution in [0.1, 0.15) is 64.9 Å². The summed E-state index contributed by atoms with van der Waals surface area (Å²) in [7, 11) is 0. The Balaban J connectivity index is 2.35. The monoisotopic (exact) mass is 292 g/mol. The Labute approximate surface area is 128 Å². The van der Waals surface area contributed by atoms with Crippen LogP contribution < -0.4 is 4.74 Å². The van der Waals surface area contributed by atoms with Crippen LogP contribution in [-0.2, 0) is 9.53 Å². The number of benzene rings is 1. The zero-order valence-electron chi connectivity index (χ0n) is 13.7. The van der Waals surface area contributed by atoms with Crippen molar-refractivity contribution in [3.05, 3.63) is 29.8 Å². The predicted octanol–water partition coefficient (Wildman–Crippen LogP) is 4.70. The van der Waals surface area contributed by atoms with E-state index >= 15 is 0 Å². The molecular formula is C18H28O3. The standard InChI is InChI=1S/C18H28O3/c1-5-7-8-18(19)21-15(4)13-20-17-11-9-16(10-12-17)14(3)6-2/h9-12,14-15H,5-8,13H2,1-4H3/t14-,15-/m1/s1. The fourth-order valence-electron chi connectivity index (χ4n) is 1.98. The van der Waals surface area contributed by atoms with E-state index in [4.69, 9.17) is 9.47 Å². The molecule has 0 aromatic heterocycles. The Hall–Kier alpha value is -1.51. The highest BCUT2D eigenvalue weighted by molar-refractivity contribution is 5.69. The molecule has 1 aromatic carbocycles.